The lowest BCUT2D eigenvalue weighted by molar-refractivity contribution is -0.140. The van der Waals surface area contributed by atoms with Crippen molar-refractivity contribution < 1.29 is 14.3 Å². The van der Waals surface area contributed by atoms with Crippen molar-refractivity contribution in [1.29, 1.82) is 0 Å². The minimum absolute atomic E-state index is 0.0600. The molecule has 0 aromatic heterocycles. The molecule has 5 heteroatoms. The summed E-state index contributed by atoms with van der Waals surface area (Å²) in [6, 6.07) is 15.0. The molecule has 0 fully saturated rings. The molecule has 0 heterocycles. The van der Waals surface area contributed by atoms with E-state index < -0.39 is 6.04 Å². The van der Waals surface area contributed by atoms with Crippen LogP contribution < -0.4 is 10.1 Å². The molecule has 2 aromatic rings. The third-order valence-corrected chi connectivity index (χ3v) is 4.88. The van der Waals surface area contributed by atoms with Gasteiger partial charge in [-0.1, -0.05) is 55.8 Å². The molecule has 1 atom stereocenters. The standard InChI is InChI=1S/C24H32N2O3/c1-5-14-25-24(28)22(6-2)26(17-20-9-7-8-18(3)15-20)23(27)16-19-10-12-21(29-4)13-11-19/h7-13,15,22H,5-6,14,16-17H2,1-4H3,(H,25,28)/t22-/m1/s1. The Morgan fingerprint density at radius 2 is 1.79 bits per heavy atom. The first-order valence-electron chi connectivity index (χ1n) is 10.2. The van der Waals surface area contributed by atoms with Crippen molar-refractivity contribution in [1.82, 2.24) is 10.2 Å². The van der Waals surface area contributed by atoms with Gasteiger partial charge in [-0.15, -0.1) is 0 Å². The molecule has 2 amide bonds. The van der Waals surface area contributed by atoms with Crippen LogP contribution in [0.4, 0.5) is 0 Å². The number of methoxy groups -OCH3 is 1. The van der Waals surface area contributed by atoms with E-state index in [9.17, 15) is 9.59 Å². The molecular formula is C24H32N2O3. The summed E-state index contributed by atoms with van der Waals surface area (Å²) in [5, 5.41) is 2.95. The highest BCUT2D eigenvalue weighted by atomic mass is 16.5. The summed E-state index contributed by atoms with van der Waals surface area (Å²) >= 11 is 0. The number of nitrogens with one attached hydrogen (secondary N) is 1. The molecule has 0 saturated heterocycles. The van der Waals surface area contributed by atoms with Gasteiger partial charge in [0.1, 0.15) is 11.8 Å². The highest BCUT2D eigenvalue weighted by Gasteiger charge is 2.28. The molecule has 0 saturated carbocycles. The van der Waals surface area contributed by atoms with E-state index in [-0.39, 0.29) is 18.2 Å². The molecule has 0 spiro atoms. The fourth-order valence-corrected chi connectivity index (χ4v) is 3.31. The van der Waals surface area contributed by atoms with Gasteiger partial charge in [-0.25, -0.2) is 0 Å². The molecule has 1 N–H and O–H groups in total. The molecule has 0 aliphatic rings. The second-order valence-electron chi connectivity index (χ2n) is 7.25. The topological polar surface area (TPSA) is 58.6 Å². The van der Waals surface area contributed by atoms with Crippen LogP contribution in [0.15, 0.2) is 48.5 Å². The zero-order valence-electron chi connectivity index (χ0n) is 17.9. The Hall–Kier alpha value is -2.82. The number of aryl methyl sites for hydroxylation is 1. The molecule has 2 rings (SSSR count). The minimum atomic E-state index is -0.493. The number of rotatable bonds is 10. The second kappa shape index (κ2) is 11.2. The molecule has 0 radical (unpaired) electrons. The maximum Gasteiger partial charge on any atom is 0.242 e. The Labute approximate surface area is 174 Å². The smallest absolute Gasteiger partial charge is 0.242 e. The highest BCUT2D eigenvalue weighted by Crippen LogP contribution is 2.17. The van der Waals surface area contributed by atoms with Gasteiger partial charge in [0.05, 0.1) is 13.5 Å². The van der Waals surface area contributed by atoms with Gasteiger partial charge < -0.3 is 15.0 Å². The number of nitrogens with zero attached hydrogens (tertiary/aromatic N) is 1. The summed E-state index contributed by atoms with van der Waals surface area (Å²) in [7, 11) is 1.62. The molecule has 29 heavy (non-hydrogen) atoms. The van der Waals surface area contributed by atoms with Crippen molar-refractivity contribution >= 4 is 11.8 Å². The maximum absolute atomic E-state index is 13.2. The third-order valence-electron chi connectivity index (χ3n) is 4.88. The van der Waals surface area contributed by atoms with Gasteiger partial charge in [-0.3, -0.25) is 9.59 Å². The molecule has 0 aliphatic heterocycles. The fraction of sp³-hybridized carbons (Fsp3) is 0.417. The Bertz CT molecular complexity index is 802. The number of carbonyl (C=O) groups is 2. The molecular weight excluding hydrogens is 364 g/mol. The van der Waals surface area contributed by atoms with Crippen LogP contribution in [0, 0.1) is 6.92 Å². The summed E-state index contributed by atoms with van der Waals surface area (Å²) in [6.45, 7) is 7.01. The molecule has 2 aromatic carbocycles. The first kappa shape index (κ1) is 22.5. The SMILES string of the molecule is CCCNC(=O)[C@@H](CC)N(Cc1cccc(C)c1)C(=O)Cc1ccc(OC)cc1. The highest BCUT2D eigenvalue weighted by molar-refractivity contribution is 5.88. The number of benzene rings is 2. The second-order valence-corrected chi connectivity index (χ2v) is 7.25. The lowest BCUT2D eigenvalue weighted by atomic mass is 10.1. The minimum Gasteiger partial charge on any atom is -0.497 e. The molecule has 0 unspecified atom stereocenters. The molecule has 0 bridgehead atoms. The molecule has 0 aliphatic carbocycles. The number of ether oxygens (including phenoxy) is 1. The van der Waals surface area contributed by atoms with Crippen LogP contribution >= 0.6 is 0 Å². The largest absolute Gasteiger partial charge is 0.497 e. The van der Waals surface area contributed by atoms with Gasteiger partial charge in [-0.2, -0.15) is 0 Å². The average molecular weight is 397 g/mol. The fourth-order valence-electron chi connectivity index (χ4n) is 3.31. The normalized spacial score (nSPS) is 11.6. The third kappa shape index (κ3) is 6.63. The summed E-state index contributed by atoms with van der Waals surface area (Å²) < 4.78 is 5.19. The number of hydrogen-bond acceptors (Lipinski definition) is 3. The van der Waals surface area contributed by atoms with Gasteiger partial charge in [0.25, 0.3) is 0 Å². The van der Waals surface area contributed by atoms with Gasteiger partial charge in [0.2, 0.25) is 11.8 Å². The molecule has 5 nitrogen and oxygen atoms in total. The zero-order chi connectivity index (χ0) is 21.2. The van der Waals surface area contributed by atoms with Crippen LogP contribution in [0.25, 0.3) is 0 Å². The predicted octanol–water partition coefficient (Wildman–Crippen LogP) is 3.88. The van der Waals surface area contributed by atoms with Gasteiger partial charge in [0.15, 0.2) is 0 Å². The van der Waals surface area contributed by atoms with E-state index in [1.807, 2.05) is 63.2 Å². The van der Waals surface area contributed by atoms with Crippen molar-refractivity contribution in [2.75, 3.05) is 13.7 Å². The first-order chi connectivity index (χ1) is 14.0. The van der Waals surface area contributed by atoms with Crippen molar-refractivity contribution in [2.45, 2.75) is 52.6 Å². The Kier molecular flexibility index (Phi) is 8.71. The van der Waals surface area contributed by atoms with E-state index in [4.69, 9.17) is 4.74 Å². The van der Waals surface area contributed by atoms with Crippen molar-refractivity contribution in [3.05, 3.63) is 65.2 Å². The van der Waals surface area contributed by atoms with Crippen LogP contribution in [0.2, 0.25) is 0 Å². The van der Waals surface area contributed by atoms with E-state index in [1.54, 1.807) is 12.0 Å². The Morgan fingerprint density at radius 1 is 1.07 bits per heavy atom. The van der Waals surface area contributed by atoms with Crippen LogP contribution in [0.1, 0.15) is 43.4 Å². The summed E-state index contributed by atoms with van der Waals surface area (Å²) in [5.41, 5.74) is 3.05. The van der Waals surface area contributed by atoms with E-state index in [0.29, 0.717) is 19.5 Å². The van der Waals surface area contributed by atoms with Gasteiger partial charge in [0, 0.05) is 13.1 Å². The number of carbonyl (C=O) groups excluding carboxylic acids is 2. The summed E-state index contributed by atoms with van der Waals surface area (Å²) in [5.74, 6) is 0.600. The van der Waals surface area contributed by atoms with Crippen molar-refractivity contribution in [2.24, 2.45) is 0 Å². The summed E-state index contributed by atoms with van der Waals surface area (Å²) in [6.07, 6.45) is 1.67. The van der Waals surface area contributed by atoms with Crippen LogP contribution in [0.3, 0.4) is 0 Å². The van der Waals surface area contributed by atoms with E-state index in [2.05, 4.69) is 11.4 Å². The lowest BCUT2D eigenvalue weighted by Gasteiger charge is -2.31. The lowest BCUT2D eigenvalue weighted by Crippen LogP contribution is -2.49. The summed E-state index contributed by atoms with van der Waals surface area (Å²) in [4.78, 5) is 27.7. The quantitative estimate of drug-likeness (QED) is 0.663. The number of hydrogen-bond donors (Lipinski definition) is 1. The Balaban J connectivity index is 2.25. The van der Waals surface area contributed by atoms with Crippen molar-refractivity contribution in [3.63, 3.8) is 0 Å². The van der Waals surface area contributed by atoms with E-state index >= 15 is 0 Å². The molecule has 156 valence electrons. The van der Waals surface area contributed by atoms with Crippen LogP contribution in [0.5, 0.6) is 5.75 Å². The van der Waals surface area contributed by atoms with Crippen LogP contribution in [-0.4, -0.2) is 36.4 Å². The average Bonchev–Trinajstić information content (AvgIpc) is 2.72. The van der Waals surface area contributed by atoms with E-state index in [0.717, 1.165) is 28.9 Å². The Morgan fingerprint density at radius 3 is 2.38 bits per heavy atom. The van der Waals surface area contributed by atoms with Crippen molar-refractivity contribution in [3.8, 4) is 5.75 Å². The first-order valence-corrected chi connectivity index (χ1v) is 10.2. The van der Waals surface area contributed by atoms with Gasteiger partial charge in [-0.05, 0) is 43.0 Å². The zero-order valence-corrected chi connectivity index (χ0v) is 17.9. The monoisotopic (exact) mass is 396 g/mol. The maximum atomic E-state index is 13.2. The van der Waals surface area contributed by atoms with Crippen LogP contribution in [-0.2, 0) is 22.6 Å². The number of amides is 2. The predicted molar refractivity (Wildman–Crippen MR) is 116 cm³/mol. The van der Waals surface area contributed by atoms with E-state index in [1.165, 1.54) is 0 Å². The van der Waals surface area contributed by atoms with Gasteiger partial charge >= 0.3 is 0 Å².